The highest BCUT2D eigenvalue weighted by atomic mass is 16.5. The molecule has 1 aromatic rings. The standard InChI is InChI=1S/C12H19NO2/c1-8(2)11-10(4)9(3)7-13-12(11)15-6-5-14/h7-8,14H,5-6H2,1-4H3. The molecule has 3 heteroatoms. The van der Waals surface area contributed by atoms with E-state index < -0.39 is 0 Å². The van der Waals surface area contributed by atoms with Gasteiger partial charge in [0, 0.05) is 11.8 Å². The van der Waals surface area contributed by atoms with Crippen molar-refractivity contribution in [1.82, 2.24) is 4.98 Å². The second-order valence-electron chi connectivity index (χ2n) is 4.01. The maximum Gasteiger partial charge on any atom is 0.217 e. The zero-order chi connectivity index (χ0) is 11.4. The van der Waals surface area contributed by atoms with Gasteiger partial charge in [0.05, 0.1) is 6.61 Å². The molecular formula is C12H19NO2. The van der Waals surface area contributed by atoms with Crippen molar-refractivity contribution >= 4 is 0 Å². The van der Waals surface area contributed by atoms with Gasteiger partial charge in [-0.3, -0.25) is 0 Å². The molecule has 0 bridgehead atoms. The van der Waals surface area contributed by atoms with Crippen LogP contribution < -0.4 is 4.74 Å². The fourth-order valence-corrected chi connectivity index (χ4v) is 1.63. The van der Waals surface area contributed by atoms with Gasteiger partial charge < -0.3 is 9.84 Å². The zero-order valence-electron chi connectivity index (χ0n) is 9.87. The van der Waals surface area contributed by atoms with Crippen LogP contribution in [-0.2, 0) is 0 Å². The quantitative estimate of drug-likeness (QED) is 0.826. The Bertz CT molecular complexity index is 335. The lowest BCUT2D eigenvalue weighted by Gasteiger charge is -2.16. The lowest BCUT2D eigenvalue weighted by atomic mass is 9.97. The summed E-state index contributed by atoms with van der Waals surface area (Å²) in [5.41, 5.74) is 3.55. The van der Waals surface area contributed by atoms with Crippen LogP contribution in [0, 0.1) is 13.8 Å². The van der Waals surface area contributed by atoms with Crippen LogP contribution in [0.2, 0.25) is 0 Å². The molecule has 3 nitrogen and oxygen atoms in total. The topological polar surface area (TPSA) is 42.4 Å². The van der Waals surface area contributed by atoms with Gasteiger partial charge in [0.2, 0.25) is 5.88 Å². The minimum absolute atomic E-state index is 0.0200. The van der Waals surface area contributed by atoms with Gasteiger partial charge in [-0.25, -0.2) is 4.98 Å². The van der Waals surface area contributed by atoms with Crippen molar-refractivity contribution in [3.8, 4) is 5.88 Å². The van der Waals surface area contributed by atoms with Crippen LogP contribution in [0.4, 0.5) is 0 Å². The zero-order valence-corrected chi connectivity index (χ0v) is 9.87. The fourth-order valence-electron chi connectivity index (χ4n) is 1.63. The predicted molar refractivity (Wildman–Crippen MR) is 60.4 cm³/mol. The monoisotopic (exact) mass is 209 g/mol. The minimum atomic E-state index is 0.0200. The summed E-state index contributed by atoms with van der Waals surface area (Å²) >= 11 is 0. The molecule has 84 valence electrons. The van der Waals surface area contributed by atoms with E-state index in [1.54, 1.807) is 0 Å². The second kappa shape index (κ2) is 5.12. The first-order valence-corrected chi connectivity index (χ1v) is 5.27. The first kappa shape index (κ1) is 12.0. The van der Waals surface area contributed by atoms with E-state index in [9.17, 15) is 0 Å². The van der Waals surface area contributed by atoms with Crippen molar-refractivity contribution in [3.63, 3.8) is 0 Å². The van der Waals surface area contributed by atoms with E-state index in [1.807, 2.05) is 13.1 Å². The van der Waals surface area contributed by atoms with Gasteiger partial charge in [-0.2, -0.15) is 0 Å². The number of aliphatic hydroxyl groups is 1. The third-order valence-electron chi connectivity index (χ3n) is 2.51. The number of aryl methyl sites for hydroxylation is 1. The van der Waals surface area contributed by atoms with E-state index in [1.165, 1.54) is 11.1 Å². The molecule has 0 fully saturated rings. The number of pyridine rings is 1. The molecule has 0 radical (unpaired) electrons. The van der Waals surface area contributed by atoms with E-state index in [0.717, 1.165) is 5.56 Å². The van der Waals surface area contributed by atoms with Gasteiger partial charge in [-0.05, 0) is 30.9 Å². The Balaban J connectivity index is 3.09. The fraction of sp³-hybridized carbons (Fsp3) is 0.583. The first-order chi connectivity index (χ1) is 7.07. The number of aromatic nitrogens is 1. The van der Waals surface area contributed by atoms with Crippen molar-refractivity contribution in [2.45, 2.75) is 33.6 Å². The predicted octanol–water partition coefficient (Wildman–Crippen LogP) is 2.19. The van der Waals surface area contributed by atoms with E-state index >= 15 is 0 Å². The third kappa shape index (κ3) is 2.69. The highest BCUT2D eigenvalue weighted by molar-refractivity contribution is 5.40. The van der Waals surface area contributed by atoms with Crippen LogP contribution in [0.15, 0.2) is 6.20 Å². The second-order valence-corrected chi connectivity index (χ2v) is 4.01. The molecule has 1 heterocycles. The average Bonchev–Trinajstić information content (AvgIpc) is 2.19. The largest absolute Gasteiger partial charge is 0.475 e. The van der Waals surface area contributed by atoms with Gasteiger partial charge in [0.1, 0.15) is 6.61 Å². The van der Waals surface area contributed by atoms with Gasteiger partial charge in [-0.15, -0.1) is 0 Å². The SMILES string of the molecule is Cc1cnc(OCCO)c(C(C)C)c1C. The van der Waals surface area contributed by atoms with Gasteiger partial charge in [0.15, 0.2) is 0 Å². The van der Waals surface area contributed by atoms with Crippen molar-refractivity contribution in [3.05, 3.63) is 22.9 Å². The number of ether oxygens (including phenoxy) is 1. The Kier molecular flexibility index (Phi) is 4.09. The number of nitrogens with zero attached hydrogens (tertiary/aromatic N) is 1. The van der Waals surface area contributed by atoms with E-state index in [2.05, 4.69) is 25.8 Å². The van der Waals surface area contributed by atoms with Gasteiger partial charge >= 0.3 is 0 Å². The smallest absolute Gasteiger partial charge is 0.217 e. The Labute approximate surface area is 91.1 Å². The molecule has 0 aromatic carbocycles. The van der Waals surface area contributed by atoms with Gasteiger partial charge in [-0.1, -0.05) is 13.8 Å². The molecule has 0 unspecified atom stereocenters. The highest BCUT2D eigenvalue weighted by Gasteiger charge is 2.13. The third-order valence-corrected chi connectivity index (χ3v) is 2.51. The molecule has 0 aliphatic heterocycles. The Hall–Kier alpha value is -1.09. The summed E-state index contributed by atoms with van der Waals surface area (Å²) in [4.78, 5) is 4.26. The number of rotatable bonds is 4. The number of hydrogen-bond donors (Lipinski definition) is 1. The van der Waals surface area contributed by atoms with E-state index in [4.69, 9.17) is 9.84 Å². The van der Waals surface area contributed by atoms with Crippen LogP contribution in [0.5, 0.6) is 5.88 Å². The summed E-state index contributed by atoms with van der Waals surface area (Å²) in [6.45, 7) is 8.69. The first-order valence-electron chi connectivity index (χ1n) is 5.27. The molecule has 0 atom stereocenters. The maximum atomic E-state index is 8.73. The molecule has 0 saturated carbocycles. The van der Waals surface area contributed by atoms with E-state index in [0.29, 0.717) is 18.4 Å². The Morgan fingerprint density at radius 2 is 2.07 bits per heavy atom. The summed E-state index contributed by atoms with van der Waals surface area (Å²) in [6.07, 6.45) is 1.81. The molecular weight excluding hydrogens is 190 g/mol. The van der Waals surface area contributed by atoms with Gasteiger partial charge in [0.25, 0.3) is 0 Å². The average molecular weight is 209 g/mol. The summed E-state index contributed by atoms with van der Waals surface area (Å²) in [6, 6.07) is 0. The molecule has 1 N–H and O–H groups in total. The van der Waals surface area contributed by atoms with Crippen molar-refractivity contribution in [2.75, 3.05) is 13.2 Å². The molecule has 0 spiro atoms. The molecule has 1 aromatic heterocycles. The van der Waals surface area contributed by atoms with Crippen LogP contribution >= 0.6 is 0 Å². The van der Waals surface area contributed by atoms with Crippen LogP contribution in [0.25, 0.3) is 0 Å². The summed E-state index contributed by atoms with van der Waals surface area (Å²) in [5, 5.41) is 8.73. The van der Waals surface area contributed by atoms with Crippen molar-refractivity contribution in [1.29, 1.82) is 0 Å². The van der Waals surface area contributed by atoms with E-state index in [-0.39, 0.29) is 6.61 Å². The maximum absolute atomic E-state index is 8.73. The summed E-state index contributed by atoms with van der Waals surface area (Å²) in [7, 11) is 0. The Morgan fingerprint density at radius 3 is 2.60 bits per heavy atom. The van der Waals surface area contributed by atoms with Crippen LogP contribution in [-0.4, -0.2) is 23.3 Å². The molecule has 0 amide bonds. The summed E-state index contributed by atoms with van der Waals surface area (Å²) < 4.78 is 5.42. The minimum Gasteiger partial charge on any atom is -0.475 e. The number of hydrogen-bond acceptors (Lipinski definition) is 3. The molecule has 0 saturated heterocycles. The van der Waals surface area contributed by atoms with Crippen molar-refractivity contribution in [2.24, 2.45) is 0 Å². The van der Waals surface area contributed by atoms with Crippen LogP contribution in [0.3, 0.4) is 0 Å². The molecule has 0 aliphatic rings. The Morgan fingerprint density at radius 1 is 1.40 bits per heavy atom. The summed E-state index contributed by atoms with van der Waals surface area (Å²) in [5.74, 6) is 1.04. The van der Waals surface area contributed by atoms with Crippen molar-refractivity contribution < 1.29 is 9.84 Å². The lowest BCUT2D eigenvalue weighted by molar-refractivity contribution is 0.195. The highest BCUT2D eigenvalue weighted by Crippen LogP contribution is 2.29. The molecule has 1 rings (SSSR count). The molecule has 15 heavy (non-hydrogen) atoms. The number of aliphatic hydroxyl groups excluding tert-OH is 1. The molecule has 0 aliphatic carbocycles. The normalized spacial score (nSPS) is 10.8. The lowest BCUT2D eigenvalue weighted by Crippen LogP contribution is -2.08. The van der Waals surface area contributed by atoms with Crippen LogP contribution in [0.1, 0.15) is 36.5 Å².